The average Bonchev–Trinajstić information content (AvgIpc) is 2.70. The summed E-state index contributed by atoms with van der Waals surface area (Å²) in [5, 5.41) is 1.35. The maximum Gasteiger partial charge on any atom is 0.262 e. The second-order valence-electron chi connectivity index (χ2n) is 6.40. The predicted octanol–water partition coefficient (Wildman–Crippen LogP) is 4.44. The number of benzene rings is 2. The van der Waals surface area contributed by atoms with Gasteiger partial charge >= 0.3 is 0 Å². The summed E-state index contributed by atoms with van der Waals surface area (Å²) in [5.41, 5.74) is 3.98. The highest BCUT2D eigenvalue weighted by Crippen LogP contribution is 2.23. The maximum atomic E-state index is 13.1. The summed E-state index contributed by atoms with van der Waals surface area (Å²) in [6.07, 6.45) is 1.74. The fourth-order valence-corrected chi connectivity index (χ4v) is 3.94. The zero-order chi connectivity index (χ0) is 18.6. The van der Waals surface area contributed by atoms with Gasteiger partial charge in [0.25, 0.3) is 5.56 Å². The number of pyridine rings is 1. The van der Waals surface area contributed by atoms with Gasteiger partial charge in [-0.2, -0.15) is 0 Å². The smallest absolute Gasteiger partial charge is 0.262 e. The van der Waals surface area contributed by atoms with Crippen molar-refractivity contribution >= 4 is 22.7 Å². The topological polar surface area (TPSA) is 47.8 Å². The fraction of sp³-hybridized carbons (Fsp3) is 0.136. The Morgan fingerprint density at radius 2 is 1.85 bits per heavy atom. The van der Waals surface area contributed by atoms with Crippen LogP contribution in [0.3, 0.4) is 0 Å². The van der Waals surface area contributed by atoms with Gasteiger partial charge in [0.05, 0.1) is 23.1 Å². The quantitative estimate of drug-likeness (QED) is 0.383. The maximum absolute atomic E-state index is 13.1. The molecule has 2 aromatic heterocycles. The van der Waals surface area contributed by atoms with Gasteiger partial charge in [-0.3, -0.25) is 14.3 Å². The van der Waals surface area contributed by atoms with E-state index in [2.05, 4.69) is 36.2 Å². The van der Waals surface area contributed by atoms with Gasteiger partial charge in [-0.25, -0.2) is 4.98 Å². The molecule has 27 heavy (non-hydrogen) atoms. The summed E-state index contributed by atoms with van der Waals surface area (Å²) in [4.78, 5) is 22.2. The van der Waals surface area contributed by atoms with Crippen molar-refractivity contribution in [1.29, 1.82) is 0 Å². The number of hydrogen-bond acceptors (Lipinski definition) is 4. The zero-order valence-electron chi connectivity index (χ0n) is 15.0. The molecule has 0 saturated heterocycles. The highest BCUT2D eigenvalue weighted by atomic mass is 32.2. The van der Waals surface area contributed by atoms with Gasteiger partial charge in [-0.1, -0.05) is 59.8 Å². The average molecular weight is 373 g/mol. The van der Waals surface area contributed by atoms with Crippen molar-refractivity contribution in [3.63, 3.8) is 0 Å². The molecule has 4 rings (SSSR count). The van der Waals surface area contributed by atoms with E-state index in [-0.39, 0.29) is 5.56 Å². The van der Waals surface area contributed by atoms with Crippen LogP contribution in [0.5, 0.6) is 0 Å². The second kappa shape index (κ2) is 7.76. The third-order valence-corrected chi connectivity index (χ3v) is 5.37. The Hall–Kier alpha value is -2.92. The summed E-state index contributed by atoms with van der Waals surface area (Å²) >= 11 is 1.58. The molecule has 0 aliphatic heterocycles. The van der Waals surface area contributed by atoms with Crippen molar-refractivity contribution in [2.75, 3.05) is 0 Å². The number of rotatable bonds is 5. The van der Waals surface area contributed by atoms with Gasteiger partial charge in [0.1, 0.15) is 0 Å². The molecule has 134 valence electrons. The van der Waals surface area contributed by atoms with E-state index in [1.165, 1.54) is 11.1 Å². The molecule has 0 fully saturated rings. The minimum atomic E-state index is -0.0296. The minimum Gasteiger partial charge on any atom is -0.281 e. The summed E-state index contributed by atoms with van der Waals surface area (Å²) < 4.78 is 1.73. The molecule has 0 atom stereocenters. The number of hydrogen-bond donors (Lipinski definition) is 0. The molecule has 0 aliphatic carbocycles. The number of aromatic nitrogens is 3. The van der Waals surface area contributed by atoms with Crippen LogP contribution in [-0.2, 0) is 12.3 Å². The Labute approximate surface area is 161 Å². The third kappa shape index (κ3) is 3.93. The highest BCUT2D eigenvalue weighted by molar-refractivity contribution is 7.98. The molecular weight excluding hydrogens is 354 g/mol. The number of para-hydroxylation sites is 1. The summed E-state index contributed by atoms with van der Waals surface area (Å²) in [6, 6.07) is 21.6. The van der Waals surface area contributed by atoms with E-state index in [1.807, 2.05) is 42.5 Å². The Morgan fingerprint density at radius 1 is 1.00 bits per heavy atom. The van der Waals surface area contributed by atoms with Crippen LogP contribution in [0.15, 0.2) is 82.9 Å². The molecule has 5 heteroatoms. The molecular formula is C22H19N3OS. The molecule has 0 unspecified atom stereocenters. The van der Waals surface area contributed by atoms with E-state index in [0.29, 0.717) is 17.1 Å². The van der Waals surface area contributed by atoms with E-state index in [0.717, 1.165) is 17.0 Å². The summed E-state index contributed by atoms with van der Waals surface area (Å²) in [6.45, 7) is 2.49. The van der Waals surface area contributed by atoms with Crippen LogP contribution < -0.4 is 5.56 Å². The molecule has 0 radical (unpaired) electrons. The van der Waals surface area contributed by atoms with Gasteiger partial charge < -0.3 is 0 Å². The molecule has 0 saturated carbocycles. The molecule has 2 aromatic carbocycles. The van der Waals surface area contributed by atoms with E-state index < -0.39 is 0 Å². The minimum absolute atomic E-state index is 0.0296. The molecule has 4 nitrogen and oxygen atoms in total. The van der Waals surface area contributed by atoms with Crippen LogP contribution in [0.1, 0.15) is 16.8 Å². The molecule has 2 heterocycles. The first-order chi connectivity index (χ1) is 13.2. The Balaban J connectivity index is 1.75. The van der Waals surface area contributed by atoms with Crippen molar-refractivity contribution < 1.29 is 0 Å². The number of aryl methyl sites for hydroxylation is 1. The number of thioether (sulfide) groups is 1. The van der Waals surface area contributed by atoms with Crippen molar-refractivity contribution in [3.8, 4) is 0 Å². The number of nitrogens with zero attached hydrogens (tertiary/aromatic N) is 3. The van der Waals surface area contributed by atoms with E-state index in [1.54, 1.807) is 22.5 Å². The van der Waals surface area contributed by atoms with Crippen molar-refractivity contribution in [3.05, 3.63) is 100 Å². The lowest BCUT2D eigenvalue weighted by Gasteiger charge is -2.13. The predicted molar refractivity (Wildman–Crippen MR) is 110 cm³/mol. The number of fused-ring (bicyclic) bond motifs is 1. The largest absolute Gasteiger partial charge is 0.281 e. The fourth-order valence-electron chi connectivity index (χ4n) is 3.00. The van der Waals surface area contributed by atoms with Gasteiger partial charge in [0.15, 0.2) is 5.16 Å². The Morgan fingerprint density at radius 3 is 2.67 bits per heavy atom. The molecule has 0 N–H and O–H groups in total. The lowest BCUT2D eigenvalue weighted by atomic mass is 10.2. The Kier molecular flexibility index (Phi) is 5.03. The first kappa shape index (κ1) is 17.5. The molecule has 4 aromatic rings. The van der Waals surface area contributed by atoms with Crippen LogP contribution in [-0.4, -0.2) is 14.5 Å². The molecule has 0 aliphatic rings. The normalized spacial score (nSPS) is 11.0. The third-order valence-electron chi connectivity index (χ3n) is 4.32. The van der Waals surface area contributed by atoms with Crippen LogP contribution >= 0.6 is 11.8 Å². The summed E-state index contributed by atoms with van der Waals surface area (Å²) in [7, 11) is 0. The zero-order valence-corrected chi connectivity index (χ0v) is 15.8. The first-order valence-electron chi connectivity index (χ1n) is 8.78. The van der Waals surface area contributed by atoms with Crippen molar-refractivity contribution in [1.82, 2.24) is 14.5 Å². The highest BCUT2D eigenvalue weighted by Gasteiger charge is 2.12. The van der Waals surface area contributed by atoms with Crippen LogP contribution in [0.4, 0.5) is 0 Å². The van der Waals surface area contributed by atoms with Gasteiger partial charge in [-0.05, 0) is 36.8 Å². The van der Waals surface area contributed by atoms with Crippen LogP contribution in [0, 0.1) is 6.92 Å². The van der Waals surface area contributed by atoms with Crippen molar-refractivity contribution in [2.24, 2.45) is 0 Å². The van der Waals surface area contributed by atoms with Crippen molar-refractivity contribution in [2.45, 2.75) is 24.4 Å². The second-order valence-corrected chi connectivity index (χ2v) is 7.34. The van der Waals surface area contributed by atoms with E-state index in [4.69, 9.17) is 4.98 Å². The molecule has 0 spiro atoms. The summed E-state index contributed by atoms with van der Waals surface area (Å²) in [5.74, 6) is 0.759. The SMILES string of the molecule is Cc1cccc(CSc2nc3ccccc3c(=O)n2Cc2ccccn2)c1. The van der Waals surface area contributed by atoms with E-state index in [9.17, 15) is 4.79 Å². The van der Waals surface area contributed by atoms with Gasteiger partial charge in [0.2, 0.25) is 0 Å². The Bertz CT molecular complexity index is 1140. The first-order valence-corrected chi connectivity index (χ1v) is 9.77. The van der Waals surface area contributed by atoms with E-state index >= 15 is 0 Å². The van der Waals surface area contributed by atoms with Crippen LogP contribution in [0.25, 0.3) is 10.9 Å². The van der Waals surface area contributed by atoms with Crippen LogP contribution in [0.2, 0.25) is 0 Å². The lowest BCUT2D eigenvalue weighted by molar-refractivity contribution is 0.646. The molecule has 0 amide bonds. The lowest BCUT2D eigenvalue weighted by Crippen LogP contribution is -2.24. The van der Waals surface area contributed by atoms with Gasteiger partial charge in [-0.15, -0.1) is 0 Å². The molecule has 0 bridgehead atoms. The van der Waals surface area contributed by atoms with Gasteiger partial charge in [0, 0.05) is 11.9 Å². The monoisotopic (exact) mass is 373 g/mol. The standard InChI is InChI=1S/C22H19N3OS/c1-16-7-6-8-17(13-16)15-27-22-24-20-11-3-2-10-19(20)21(26)25(22)14-18-9-4-5-12-23-18/h2-13H,14-15H2,1H3.